The van der Waals surface area contributed by atoms with Gasteiger partial charge in [-0.1, -0.05) is 26.0 Å². The zero-order valence-electron chi connectivity index (χ0n) is 20.3. The maximum atomic E-state index is 11.5. The van der Waals surface area contributed by atoms with Crippen molar-refractivity contribution in [2.45, 2.75) is 25.8 Å². The van der Waals surface area contributed by atoms with Gasteiger partial charge >= 0.3 is 5.97 Å². The minimum Gasteiger partial charge on any atom is -0.507 e. The van der Waals surface area contributed by atoms with Gasteiger partial charge in [0.05, 0.1) is 17.4 Å². The van der Waals surface area contributed by atoms with Crippen LogP contribution in [0.4, 0.5) is 11.5 Å². The number of piperazine rings is 1. The molecule has 190 valence electrons. The number of rotatable bonds is 8. The number of phenolic OH excluding ortho intramolecular Hbond substituents is 1. The highest BCUT2D eigenvalue weighted by Crippen LogP contribution is 2.36. The van der Waals surface area contributed by atoms with Crippen molar-refractivity contribution in [3.8, 4) is 22.9 Å². The third-order valence-electron chi connectivity index (χ3n) is 6.74. The molecule has 0 bridgehead atoms. The molecular formula is C25H30N6O5. The quantitative estimate of drug-likeness (QED) is 0.426. The second-order valence-electron chi connectivity index (χ2n) is 9.49. The summed E-state index contributed by atoms with van der Waals surface area (Å²) in [6.07, 6.45) is 0. The van der Waals surface area contributed by atoms with Gasteiger partial charge in [-0.05, 0) is 29.3 Å². The van der Waals surface area contributed by atoms with E-state index in [0.29, 0.717) is 36.0 Å². The van der Waals surface area contributed by atoms with Gasteiger partial charge in [0.1, 0.15) is 18.3 Å². The molecule has 2 atom stereocenters. The fraction of sp³-hybridized carbons (Fsp3) is 0.440. The molecule has 0 aliphatic carbocycles. The molecule has 2 aliphatic heterocycles. The molecule has 2 aromatic heterocycles. The van der Waals surface area contributed by atoms with Crippen molar-refractivity contribution in [3.63, 3.8) is 0 Å². The lowest BCUT2D eigenvalue weighted by molar-refractivity contribution is -0.140. The van der Waals surface area contributed by atoms with Crippen LogP contribution in [0, 0.1) is 5.92 Å². The molecule has 5 rings (SSSR count). The van der Waals surface area contributed by atoms with Crippen LogP contribution in [-0.2, 0) is 4.79 Å². The van der Waals surface area contributed by atoms with E-state index in [0.717, 1.165) is 37.7 Å². The van der Waals surface area contributed by atoms with Crippen molar-refractivity contribution in [3.05, 3.63) is 42.2 Å². The van der Waals surface area contributed by atoms with Crippen LogP contribution in [0.3, 0.4) is 0 Å². The van der Waals surface area contributed by atoms with Crippen LogP contribution in [0.15, 0.2) is 40.9 Å². The number of benzene rings is 1. The Morgan fingerprint density at radius 2 is 2.08 bits per heavy atom. The number of hydrogen-bond acceptors (Lipinski definition) is 10. The van der Waals surface area contributed by atoms with E-state index < -0.39 is 11.9 Å². The smallest absolute Gasteiger partial charge is 0.314 e. The van der Waals surface area contributed by atoms with Crippen LogP contribution in [-0.4, -0.2) is 81.8 Å². The standard InChI is InChI=1S/C25H30N6O5/c1-15(2)23(25(33)34)21-12-22(29-36-21)35-10-9-30-7-8-31-16(14-30)13-26-24-19(31)11-18(27-28-24)17-5-3-4-6-20(17)32/h3-6,11-12,15-16,23,32H,7-10,13-14H2,1-2H3,(H,26,28)(H,33,34)/t16-,23?/m0/s1. The minimum atomic E-state index is -0.938. The molecule has 0 saturated carbocycles. The van der Waals surface area contributed by atoms with E-state index in [-0.39, 0.29) is 17.7 Å². The summed E-state index contributed by atoms with van der Waals surface area (Å²) in [5.41, 5.74) is 2.29. The van der Waals surface area contributed by atoms with Gasteiger partial charge in [-0.2, -0.15) is 0 Å². The largest absolute Gasteiger partial charge is 0.507 e. The lowest BCUT2D eigenvalue weighted by Gasteiger charge is -2.45. The topological polar surface area (TPSA) is 137 Å². The molecule has 1 fully saturated rings. The van der Waals surface area contributed by atoms with Gasteiger partial charge in [-0.3, -0.25) is 9.69 Å². The van der Waals surface area contributed by atoms with Gasteiger partial charge in [-0.15, -0.1) is 10.2 Å². The first-order valence-electron chi connectivity index (χ1n) is 12.1. The number of nitrogens with zero attached hydrogens (tertiary/aromatic N) is 5. The maximum absolute atomic E-state index is 11.5. The van der Waals surface area contributed by atoms with Gasteiger partial charge < -0.3 is 29.7 Å². The number of para-hydroxylation sites is 1. The van der Waals surface area contributed by atoms with Gasteiger partial charge in [0, 0.05) is 44.4 Å². The summed E-state index contributed by atoms with van der Waals surface area (Å²) >= 11 is 0. The van der Waals surface area contributed by atoms with Crippen molar-refractivity contribution in [1.82, 2.24) is 20.3 Å². The molecule has 3 N–H and O–H groups in total. The molecule has 2 aliphatic rings. The predicted molar refractivity (Wildman–Crippen MR) is 132 cm³/mol. The zero-order valence-corrected chi connectivity index (χ0v) is 20.3. The Bertz CT molecular complexity index is 1230. The Balaban J connectivity index is 1.19. The van der Waals surface area contributed by atoms with E-state index in [2.05, 4.69) is 30.5 Å². The number of aromatic hydroxyl groups is 1. The number of ether oxygens (including phenoxy) is 1. The number of aliphatic carboxylic acids is 1. The number of nitrogens with one attached hydrogen (secondary N) is 1. The lowest BCUT2D eigenvalue weighted by Crippen LogP contribution is -2.58. The second kappa shape index (κ2) is 10.0. The predicted octanol–water partition coefficient (Wildman–Crippen LogP) is 2.66. The Morgan fingerprint density at radius 3 is 2.86 bits per heavy atom. The summed E-state index contributed by atoms with van der Waals surface area (Å²) in [5.74, 6) is -0.260. The normalized spacial score (nSPS) is 18.3. The van der Waals surface area contributed by atoms with Gasteiger partial charge in [-0.25, -0.2) is 0 Å². The number of phenols is 1. The van der Waals surface area contributed by atoms with E-state index in [9.17, 15) is 15.0 Å². The molecular weight excluding hydrogens is 464 g/mol. The number of carbonyl (C=O) groups is 1. The lowest BCUT2D eigenvalue weighted by atomic mass is 9.94. The van der Waals surface area contributed by atoms with Crippen molar-refractivity contribution in [2.24, 2.45) is 5.92 Å². The van der Waals surface area contributed by atoms with E-state index in [1.807, 2.05) is 32.0 Å². The van der Waals surface area contributed by atoms with Crippen molar-refractivity contribution < 1.29 is 24.3 Å². The summed E-state index contributed by atoms with van der Waals surface area (Å²) in [6, 6.07) is 10.9. The highest BCUT2D eigenvalue weighted by atomic mass is 16.5. The van der Waals surface area contributed by atoms with Crippen LogP contribution >= 0.6 is 0 Å². The summed E-state index contributed by atoms with van der Waals surface area (Å²) in [6.45, 7) is 8.09. The summed E-state index contributed by atoms with van der Waals surface area (Å²) < 4.78 is 11.0. The highest BCUT2D eigenvalue weighted by molar-refractivity contribution is 5.77. The first kappa shape index (κ1) is 23.9. The van der Waals surface area contributed by atoms with Crippen LogP contribution in [0.25, 0.3) is 11.3 Å². The third-order valence-corrected chi connectivity index (χ3v) is 6.74. The Hall–Kier alpha value is -3.86. The fourth-order valence-electron chi connectivity index (χ4n) is 4.88. The van der Waals surface area contributed by atoms with Crippen molar-refractivity contribution >= 4 is 17.5 Å². The molecule has 1 aromatic carbocycles. The summed E-state index contributed by atoms with van der Waals surface area (Å²) in [4.78, 5) is 16.2. The first-order valence-corrected chi connectivity index (χ1v) is 12.1. The number of aromatic nitrogens is 3. The van der Waals surface area contributed by atoms with Gasteiger partial charge in [0.25, 0.3) is 5.88 Å². The summed E-state index contributed by atoms with van der Waals surface area (Å²) in [5, 5.41) is 35.6. The Kier molecular flexibility index (Phi) is 6.64. The molecule has 1 saturated heterocycles. The molecule has 36 heavy (non-hydrogen) atoms. The second-order valence-corrected chi connectivity index (χ2v) is 9.49. The van der Waals surface area contributed by atoms with Crippen LogP contribution in [0.1, 0.15) is 25.5 Å². The van der Waals surface area contributed by atoms with Crippen LogP contribution in [0.2, 0.25) is 0 Å². The molecule has 3 aromatic rings. The fourth-order valence-corrected chi connectivity index (χ4v) is 4.88. The van der Waals surface area contributed by atoms with E-state index in [1.54, 1.807) is 18.2 Å². The van der Waals surface area contributed by atoms with Crippen LogP contribution in [0.5, 0.6) is 11.6 Å². The first-order chi connectivity index (χ1) is 17.4. The molecule has 11 nitrogen and oxygen atoms in total. The molecule has 1 unspecified atom stereocenters. The Morgan fingerprint density at radius 1 is 1.25 bits per heavy atom. The molecule has 0 radical (unpaired) electrons. The number of fused-ring (bicyclic) bond motifs is 3. The van der Waals surface area contributed by atoms with E-state index >= 15 is 0 Å². The number of hydrogen-bond donors (Lipinski definition) is 3. The monoisotopic (exact) mass is 494 g/mol. The van der Waals surface area contributed by atoms with Crippen molar-refractivity contribution in [2.75, 3.05) is 49.5 Å². The van der Waals surface area contributed by atoms with Crippen LogP contribution < -0.4 is 15.0 Å². The van der Waals surface area contributed by atoms with Gasteiger partial charge in [0.15, 0.2) is 11.6 Å². The average molecular weight is 495 g/mol. The number of carboxylic acids is 1. The van der Waals surface area contributed by atoms with E-state index in [4.69, 9.17) is 9.26 Å². The number of carboxylic acid groups (broad SMARTS) is 1. The maximum Gasteiger partial charge on any atom is 0.314 e. The molecule has 0 spiro atoms. The SMILES string of the molecule is CC(C)C(C(=O)O)c1cc(OCCN2CCN3c4cc(-c5ccccc5O)nnc4NC[C@H]3C2)no1. The zero-order chi connectivity index (χ0) is 25.2. The van der Waals surface area contributed by atoms with Gasteiger partial charge in [0.2, 0.25) is 0 Å². The molecule has 11 heteroatoms. The third kappa shape index (κ3) is 4.78. The highest BCUT2D eigenvalue weighted by Gasteiger charge is 2.33. The summed E-state index contributed by atoms with van der Waals surface area (Å²) in [7, 11) is 0. The molecule has 0 amide bonds. The minimum absolute atomic E-state index is 0.116. The Labute approximate surface area is 208 Å². The average Bonchev–Trinajstić information content (AvgIpc) is 3.31. The number of anilines is 2. The van der Waals surface area contributed by atoms with E-state index in [1.165, 1.54) is 0 Å². The van der Waals surface area contributed by atoms with Crippen molar-refractivity contribution in [1.29, 1.82) is 0 Å². The molecule has 4 heterocycles.